The van der Waals surface area contributed by atoms with Crippen molar-refractivity contribution in [1.82, 2.24) is 10.6 Å². The lowest BCUT2D eigenvalue weighted by Gasteiger charge is -2.08. The minimum absolute atomic E-state index is 0.339. The number of aliphatic hydroxyl groups excluding tert-OH is 1. The number of hydrogen-bond donors (Lipinski definition) is 4. The van der Waals surface area contributed by atoms with Crippen LogP contribution in [0.15, 0.2) is 0 Å². The van der Waals surface area contributed by atoms with E-state index in [1.54, 1.807) is 0 Å². The molecule has 1 unspecified atom stereocenters. The number of nitrogens with one attached hydrogen (secondary N) is 2. The van der Waals surface area contributed by atoms with Crippen molar-refractivity contribution in [3.63, 3.8) is 0 Å². The van der Waals surface area contributed by atoms with Crippen molar-refractivity contribution in [3.05, 3.63) is 0 Å². The molecule has 1 aliphatic heterocycles. The maximum atomic E-state index is 11.1. The summed E-state index contributed by atoms with van der Waals surface area (Å²) < 4.78 is 0. The van der Waals surface area contributed by atoms with Crippen LogP contribution in [0.5, 0.6) is 0 Å². The average Bonchev–Trinajstić information content (AvgIpc) is 2.47. The van der Waals surface area contributed by atoms with Gasteiger partial charge >= 0.3 is 5.97 Å². The van der Waals surface area contributed by atoms with E-state index < -0.39 is 18.1 Å². The third kappa shape index (κ3) is 3.00. The van der Waals surface area contributed by atoms with Gasteiger partial charge in [-0.05, 0) is 6.42 Å². The number of carboxylic acids is 1. The molecule has 13 heavy (non-hydrogen) atoms. The highest BCUT2D eigenvalue weighted by Crippen LogP contribution is 2.05. The first-order valence-corrected chi connectivity index (χ1v) is 4.00. The predicted octanol–water partition coefficient (Wildman–Crippen LogP) is -2.09. The summed E-state index contributed by atoms with van der Waals surface area (Å²) in [7, 11) is 0. The maximum Gasteiger partial charge on any atom is 0.322 e. The molecule has 1 saturated heterocycles. The number of aliphatic carboxylic acids is 1. The van der Waals surface area contributed by atoms with E-state index in [1.165, 1.54) is 0 Å². The Morgan fingerprint density at radius 2 is 2.23 bits per heavy atom. The van der Waals surface area contributed by atoms with E-state index in [0.717, 1.165) is 0 Å². The van der Waals surface area contributed by atoms with Gasteiger partial charge in [0.15, 0.2) is 0 Å². The topological polar surface area (TPSA) is 98.7 Å². The quantitative estimate of drug-likeness (QED) is 0.407. The first-order valence-electron chi connectivity index (χ1n) is 4.00. The summed E-state index contributed by atoms with van der Waals surface area (Å²) in [5, 5.41) is 22.3. The molecular formula is C7H12N2O4. The van der Waals surface area contributed by atoms with E-state index in [0.29, 0.717) is 13.0 Å². The van der Waals surface area contributed by atoms with Crippen molar-refractivity contribution in [2.75, 3.05) is 13.1 Å². The fourth-order valence-corrected chi connectivity index (χ4v) is 1.20. The number of carboxylic acid groups (broad SMARTS) is 1. The van der Waals surface area contributed by atoms with Gasteiger partial charge in [0.25, 0.3) is 0 Å². The van der Waals surface area contributed by atoms with Gasteiger partial charge in [0, 0.05) is 6.54 Å². The molecule has 1 fully saturated rings. The van der Waals surface area contributed by atoms with Crippen molar-refractivity contribution in [2.24, 2.45) is 0 Å². The number of rotatable bonds is 3. The van der Waals surface area contributed by atoms with Crippen molar-refractivity contribution >= 4 is 11.9 Å². The van der Waals surface area contributed by atoms with Crippen molar-refractivity contribution in [2.45, 2.75) is 18.6 Å². The largest absolute Gasteiger partial charge is 0.480 e. The molecule has 1 amide bonds. The summed E-state index contributed by atoms with van der Waals surface area (Å²) in [6.07, 6.45) is -0.175. The summed E-state index contributed by atoms with van der Waals surface area (Å²) in [5.74, 6) is -1.45. The summed E-state index contributed by atoms with van der Waals surface area (Å²) in [6.45, 7) is -0.00172. The lowest BCUT2D eigenvalue weighted by Crippen LogP contribution is -2.42. The number of hydrogen-bond acceptors (Lipinski definition) is 4. The van der Waals surface area contributed by atoms with E-state index in [1.807, 2.05) is 0 Å². The lowest BCUT2D eigenvalue weighted by molar-refractivity contribution is -0.138. The first-order chi connectivity index (χ1) is 6.09. The number of carbonyl (C=O) groups excluding carboxylic acids is 1. The standard InChI is InChI=1S/C7H12N2O4/c10-4-1-5(8-2-4)7(13)9-3-6(11)12/h4-5,8,10H,1-3H2,(H,9,13)(H,11,12)/t4?,5-/m1/s1. The van der Waals surface area contributed by atoms with Crippen molar-refractivity contribution in [1.29, 1.82) is 0 Å². The molecule has 0 spiro atoms. The third-order valence-electron chi connectivity index (χ3n) is 1.84. The van der Waals surface area contributed by atoms with Crippen LogP contribution in [0.2, 0.25) is 0 Å². The van der Waals surface area contributed by atoms with Crippen LogP contribution in [-0.2, 0) is 9.59 Å². The molecule has 0 saturated carbocycles. The molecule has 1 heterocycles. The van der Waals surface area contributed by atoms with Gasteiger partial charge in [0.2, 0.25) is 5.91 Å². The fourth-order valence-electron chi connectivity index (χ4n) is 1.20. The minimum atomic E-state index is -1.08. The Morgan fingerprint density at radius 1 is 1.54 bits per heavy atom. The smallest absolute Gasteiger partial charge is 0.322 e. The Labute approximate surface area is 74.9 Å². The van der Waals surface area contributed by atoms with E-state index in [9.17, 15) is 9.59 Å². The second kappa shape index (κ2) is 4.20. The summed E-state index contributed by atoms with van der Waals surface area (Å²) in [5.41, 5.74) is 0. The number of β-amino-alcohol motifs (C(OH)–C–C–N with tert-alkyl or cyclic N) is 1. The normalized spacial score (nSPS) is 27.2. The molecule has 0 aliphatic carbocycles. The highest BCUT2D eigenvalue weighted by atomic mass is 16.4. The van der Waals surface area contributed by atoms with Crippen LogP contribution < -0.4 is 10.6 Å². The molecule has 6 heteroatoms. The zero-order chi connectivity index (χ0) is 9.84. The lowest BCUT2D eigenvalue weighted by atomic mass is 10.2. The average molecular weight is 188 g/mol. The zero-order valence-corrected chi connectivity index (χ0v) is 6.99. The minimum Gasteiger partial charge on any atom is -0.480 e. The number of carbonyl (C=O) groups is 2. The highest BCUT2D eigenvalue weighted by Gasteiger charge is 2.27. The van der Waals surface area contributed by atoms with Crippen LogP contribution in [0.4, 0.5) is 0 Å². The molecule has 0 aromatic carbocycles. The van der Waals surface area contributed by atoms with Gasteiger partial charge < -0.3 is 20.8 Å². The fraction of sp³-hybridized carbons (Fsp3) is 0.714. The second-order valence-corrected chi connectivity index (χ2v) is 2.96. The molecule has 2 atom stereocenters. The van der Waals surface area contributed by atoms with Crippen LogP contribution >= 0.6 is 0 Å². The monoisotopic (exact) mass is 188 g/mol. The molecular weight excluding hydrogens is 176 g/mol. The zero-order valence-electron chi connectivity index (χ0n) is 6.99. The first kappa shape index (κ1) is 9.94. The Bertz CT molecular complexity index is 219. The van der Waals surface area contributed by atoms with Gasteiger partial charge in [-0.25, -0.2) is 0 Å². The molecule has 0 bridgehead atoms. The Kier molecular flexibility index (Phi) is 3.21. The van der Waals surface area contributed by atoms with E-state index in [4.69, 9.17) is 10.2 Å². The summed E-state index contributed by atoms with van der Waals surface area (Å²) in [6, 6.07) is -0.464. The van der Waals surface area contributed by atoms with Crippen molar-refractivity contribution < 1.29 is 19.8 Å². The Balaban J connectivity index is 2.27. The van der Waals surface area contributed by atoms with Crippen LogP contribution in [-0.4, -0.2) is 47.3 Å². The second-order valence-electron chi connectivity index (χ2n) is 2.96. The number of aliphatic hydroxyl groups is 1. The molecule has 0 radical (unpaired) electrons. The van der Waals surface area contributed by atoms with Gasteiger partial charge in [-0.3, -0.25) is 9.59 Å². The van der Waals surface area contributed by atoms with Gasteiger partial charge in [-0.15, -0.1) is 0 Å². The van der Waals surface area contributed by atoms with Crippen LogP contribution in [0.1, 0.15) is 6.42 Å². The van der Waals surface area contributed by atoms with Crippen LogP contribution in [0.25, 0.3) is 0 Å². The Morgan fingerprint density at radius 3 is 2.69 bits per heavy atom. The Hall–Kier alpha value is -1.14. The molecule has 1 aliphatic rings. The molecule has 0 aromatic heterocycles. The SMILES string of the molecule is O=C(O)CNC(=O)[C@H]1CC(O)CN1. The van der Waals surface area contributed by atoms with Crippen LogP contribution in [0.3, 0.4) is 0 Å². The third-order valence-corrected chi connectivity index (χ3v) is 1.84. The van der Waals surface area contributed by atoms with Crippen molar-refractivity contribution in [3.8, 4) is 0 Å². The van der Waals surface area contributed by atoms with Gasteiger partial charge in [-0.2, -0.15) is 0 Å². The maximum absolute atomic E-state index is 11.1. The molecule has 6 nitrogen and oxygen atoms in total. The van der Waals surface area contributed by atoms with E-state index >= 15 is 0 Å². The molecule has 4 N–H and O–H groups in total. The molecule has 1 rings (SSSR count). The number of amides is 1. The van der Waals surface area contributed by atoms with Gasteiger partial charge in [0.05, 0.1) is 12.1 Å². The summed E-state index contributed by atoms with van der Waals surface area (Å²) >= 11 is 0. The van der Waals surface area contributed by atoms with E-state index in [2.05, 4.69) is 10.6 Å². The van der Waals surface area contributed by atoms with E-state index in [-0.39, 0.29) is 12.5 Å². The highest BCUT2D eigenvalue weighted by molar-refractivity contribution is 5.85. The van der Waals surface area contributed by atoms with Crippen LogP contribution in [0, 0.1) is 0 Å². The molecule has 74 valence electrons. The summed E-state index contributed by atoms with van der Waals surface area (Å²) in [4.78, 5) is 21.2. The predicted molar refractivity (Wildman–Crippen MR) is 43.1 cm³/mol. The molecule has 0 aromatic rings. The van der Waals surface area contributed by atoms with Gasteiger partial charge in [-0.1, -0.05) is 0 Å². The van der Waals surface area contributed by atoms with Gasteiger partial charge in [0.1, 0.15) is 6.54 Å².